The van der Waals surface area contributed by atoms with Crippen LogP contribution in [0.3, 0.4) is 0 Å². The molecule has 1 aliphatic heterocycles. The zero-order valence-electron chi connectivity index (χ0n) is 11.7. The van der Waals surface area contributed by atoms with Crippen LogP contribution in [0, 0.1) is 6.92 Å². The highest BCUT2D eigenvalue weighted by molar-refractivity contribution is 9.10. The quantitative estimate of drug-likeness (QED) is 0.861. The number of ether oxygens (including phenoxy) is 1. The van der Waals surface area contributed by atoms with Crippen molar-refractivity contribution in [2.24, 2.45) is 0 Å². The molecule has 0 fully saturated rings. The van der Waals surface area contributed by atoms with Crippen molar-refractivity contribution in [1.82, 2.24) is 5.32 Å². The molecule has 0 bridgehead atoms. The van der Waals surface area contributed by atoms with Gasteiger partial charge < -0.3 is 10.1 Å². The van der Waals surface area contributed by atoms with E-state index in [2.05, 4.69) is 59.4 Å². The van der Waals surface area contributed by atoms with Crippen LogP contribution in [0.15, 0.2) is 34.5 Å². The Balaban J connectivity index is 2.30. The van der Waals surface area contributed by atoms with Gasteiger partial charge in [-0.2, -0.15) is 0 Å². The summed E-state index contributed by atoms with van der Waals surface area (Å²) in [5.41, 5.74) is 2.60. The number of aryl methyl sites for hydroxylation is 1. The lowest BCUT2D eigenvalue weighted by atomic mass is 9.98. The molecule has 1 unspecified atom stereocenters. The Kier molecular flexibility index (Phi) is 5.46. The Labute approximate surface area is 124 Å². The van der Waals surface area contributed by atoms with Gasteiger partial charge in [0.2, 0.25) is 0 Å². The molecular formula is C16H22BrNO. The number of rotatable bonds is 5. The molecule has 0 saturated heterocycles. The zero-order chi connectivity index (χ0) is 13.7. The molecule has 3 heteroatoms. The third-order valence-corrected chi connectivity index (χ3v) is 3.89. The average molecular weight is 324 g/mol. The largest absolute Gasteiger partial charge is 0.496 e. The van der Waals surface area contributed by atoms with Gasteiger partial charge in [0.05, 0.1) is 12.6 Å². The van der Waals surface area contributed by atoms with Crippen LogP contribution < -0.4 is 5.32 Å². The van der Waals surface area contributed by atoms with Crippen LogP contribution in [0.4, 0.5) is 0 Å². The Morgan fingerprint density at radius 2 is 2.26 bits per heavy atom. The molecule has 2 rings (SSSR count). The average Bonchev–Trinajstić information content (AvgIpc) is 2.44. The van der Waals surface area contributed by atoms with E-state index >= 15 is 0 Å². The van der Waals surface area contributed by atoms with Gasteiger partial charge in [0, 0.05) is 4.47 Å². The summed E-state index contributed by atoms with van der Waals surface area (Å²) < 4.78 is 6.99. The van der Waals surface area contributed by atoms with Crippen molar-refractivity contribution in [3.8, 4) is 0 Å². The van der Waals surface area contributed by atoms with Gasteiger partial charge in [-0.25, -0.2) is 0 Å². The molecule has 1 heterocycles. The van der Waals surface area contributed by atoms with Crippen molar-refractivity contribution in [3.63, 3.8) is 0 Å². The predicted molar refractivity (Wildman–Crippen MR) is 83.2 cm³/mol. The first kappa shape index (κ1) is 14.6. The fourth-order valence-corrected chi connectivity index (χ4v) is 2.73. The fourth-order valence-electron chi connectivity index (χ4n) is 2.35. The van der Waals surface area contributed by atoms with E-state index in [1.54, 1.807) is 0 Å². The highest BCUT2D eigenvalue weighted by atomic mass is 79.9. The second kappa shape index (κ2) is 7.11. The number of allylic oxidation sites excluding steroid dienone is 1. The van der Waals surface area contributed by atoms with Crippen LogP contribution >= 0.6 is 15.9 Å². The first-order valence-electron chi connectivity index (χ1n) is 7.04. The minimum atomic E-state index is 0.178. The molecule has 0 aliphatic carbocycles. The first-order chi connectivity index (χ1) is 9.22. The SMILES string of the molecule is CCCNC(C1=CCCCO1)c1cc(Br)ccc1C. The lowest BCUT2D eigenvalue weighted by Gasteiger charge is -2.26. The van der Waals surface area contributed by atoms with Crippen molar-refractivity contribution in [3.05, 3.63) is 45.6 Å². The molecule has 1 aliphatic rings. The van der Waals surface area contributed by atoms with E-state index < -0.39 is 0 Å². The van der Waals surface area contributed by atoms with Crippen LogP contribution in [-0.2, 0) is 4.74 Å². The molecule has 104 valence electrons. The number of nitrogens with one attached hydrogen (secondary N) is 1. The number of hydrogen-bond donors (Lipinski definition) is 1. The van der Waals surface area contributed by atoms with E-state index in [1.807, 2.05) is 0 Å². The molecule has 1 N–H and O–H groups in total. The zero-order valence-corrected chi connectivity index (χ0v) is 13.3. The minimum absolute atomic E-state index is 0.178. The summed E-state index contributed by atoms with van der Waals surface area (Å²) in [7, 11) is 0. The van der Waals surface area contributed by atoms with Crippen molar-refractivity contribution in [2.45, 2.75) is 39.2 Å². The molecule has 0 saturated carbocycles. The topological polar surface area (TPSA) is 21.3 Å². The van der Waals surface area contributed by atoms with Crippen molar-refractivity contribution in [1.29, 1.82) is 0 Å². The van der Waals surface area contributed by atoms with Gasteiger partial charge in [0.25, 0.3) is 0 Å². The minimum Gasteiger partial charge on any atom is -0.496 e. The van der Waals surface area contributed by atoms with Crippen LogP contribution in [-0.4, -0.2) is 13.2 Å². The van der Waals surface area contributed by atoms with E-state index in [-0.39, 0.29) is 6.04 Å². The molecule has 1 aromatic carbocycles. The third kappa shape index (κ3) is 3.83. The highest BCUT2D eigenvalue weighted by Crippen LogP contribution is 2.30. The van der Waals surface area contributed by atoms with E-state index in [9.17, 15) is 0 Å². The summed E-state index contributed by atoms with van der Waals surface area (Å²) in [6, 6.07) is 6.62. The van der Waals surface area contributed by atoms with Gasteiger partial charge in [-0.05, 0) is 62.1 Å². The van der Waals surface area contributed by atoms with E-state index in [4.69, 9.17) is 4.74 Å². The summed E-state index contributed by atoms with van der Waals surface area (Å²) in [6.45, 7) is 6.18. The monoisotopic (exact) mass is 323 g/mol. The third-order valence-electron chi connectivity index (χ3n) is 3.40. The van der Waals surface area contributed by atoms with Gasteiger partial charge in [0.1, 0.15) is 5.76 Å². The van der Waals surface area contributed by atoms with Crippen LogP contribution in [0.25, 0.3) is 0 Å². The lowest BCUT2D eigenvalue weighted by molar-refractivity contribution is 0.167. The standard InChI is InChI=1S/C16H22BrNO/c1-3-9-18-16(15-6-4-5-10-19-15)14-11-13(17)8-7-12(14)2/h6-8,11,16,18H,3-5,9-10H2,1-2H3. The maximum Gasteiger partial charge on any atom is 0.113 e. The highest BCUT2D eigenvalue weighted by Gasteiger charge is 2.21. The predicted octanol–water partition coefficient (Wildman–Crippen LogP) is 4.49. The van der Waals surface area contributed by atoms with Crippen LogP contribution in [0.1, 0.15) is 43.4 Å². The number of benzene rings is 1. The van der Waals surface area contributed by atoms with E-state index in [0.717, 1.165) is 42.6 Å². The van der Waals surface area contributed by atoms with Gasteiger partial charge in [-0.15, -0.1) is 0 Å². The summed E-state index contributed by atoms with van der Waals surface area (Å²) in [6.07, 6.45) is 5.60. The van der Waals surface area contributed by atoms with Crippen molar-refractivity contribution in [2.75, 3.05) is 13.2 Å². The van der Waals surface area contributed by atoms with Crippen molar-refractivity contribution < 1.29 is 4.74 Å². The molecule has 1 aromatic rings. The molecular weight excluding hydrogens is 302 g/mol. The second-order valence-corrected chi connectivity index (χ2v) is 5.90. The maximum absolute atomic E-state index is 5.87. The summed E-state index contributed by atoms with van der Waals surface area (Å²) in [4.78, 5) is 0. The molecule has 0 radical (unpaired) electrons. The Hall–Kier alpha value is -0.800. The summed E-state index contributed by atoms with van der Waals surface area (Å²) in [5.74, 6) is 1.08. The Bertz CT molecular complexity index is 456. The lowest BCUT2D eigenvalue weighted by Crippen LogP contribution is -2.27. The van der Waals surface area contributed by atoms with Gasteiger partial charge in [-0.1, -0.05) is 28.9 Å². The molecule has 0 aromatic heterocycles. The molecule has 2 nitrogen and oxygen atoms in total. The molecule has 0 amide bonds. The Morgan fingerprint density at radius 3 is 2.95 bits per heavy atom. The van der Waals surface area contributed by atoms with Gasteiger partial charge in [0.15, 0.2) is 0 Å². The second-order valence-electron chi connectivity index (χ2n) is 4.99. The molecule has 0 spiro atoms. The number of halogens is 1. The fraction of sp³-hybridized carbons (Fsp3) is 0.500. The number of hydrogen-bond acceptors (Lipinski definition) is 2. The van der Waals surface area contributed by atoms with Crippen LogP contribution in [0.2, 0.25) is 0 Å². The Morgan fingerprint density at radius 1 is 1.42 bits per heavy atom. The smallest absolute Gasteiger partial charge is 0.113 e. The van der Waals surface area contributed by atoms with Crippen LogP contribution in [0.5, 0.6) is 0 Å². The van der Waals surface area contributed by atoms with Crippen molar-refractivity contribution >= 4 is 15.9 Å². The normalized spacial score (nSPS) is 16.7. The first-order valence-corrected chi connectivity index (χ1v) is 7.84. The maximum atomic E-state index is 5.87. The van der Waals surface area contributed by atoms with Gasteiger partial charge in [-0.3, -0.25) is 0 Å². The summed E-state index contributed by atoms with van der Waals surface area (Å²) in [5, 5.41) is 3.61. The summed E-state index contributed by atoms with van der Waals surface area (Å²) >= 11 is 3.57. The molecule has 19 heavy (non-hydrogen) atoms. The van der Waals surface area contributed by atoms with E-state index in [1.165, 1.54) is 11.1 Å². The molecule has 1 atom stereocenters. The van der Waals surface area contributed by atoms with Gasteiger partial charge >= 0.3 is 0 Å². The van der Waals surface area contributed by atoms with E-state index in [0.29, 0.717) is 0 Å².